The number of sulfonamides is 1. The molecule has 0 bridgehead atoms. The predicted octanol–water partition coefficient (Wildman–Crippen LogP) is 2.29. The van der Waals surface area contributed by atoms with Crippen molar-refractivity contribution in [2.45, 2.75) is 58.0 Å². The maximum atomic E-state index is 12.0. The van der Waals surface area contributed by atoms with Gasteiger partial charge in [0.25, 0.3) is 0 Å². The molecule has 3 N–H and O–H groups in total. The molecular formula is C15H26N2O2S. The van der Waals surface area contributed by atoms with Gasteiger partial charge < -0.3 is 5.73 Å². The van der Waals surface area contributed by atoms with Gasteiger partial charge >= 0.3 is 0 Å². The summed E-state index contributed by atoms with van der Waals surface area (Å²) in [5.74, 6) is 0. The molecule has 0 heterocycles. The number of rotatable bonds is 5. The van der Waals surface area contributed by atoms with Crippen LogP contribution in [-0.4, -0.2) is 20.5 Å². The Hall–Kier alpha value is -0.910. The zero-order chi connectivity index (χ0) is 15.6. The summed E-state index contributed by atoms with van der Waals surface area (Å²) in [6, 6.07) is 6.86. The van der Waals surface area contributed by atoms with E-state index < -0.39 is 10.0 Å². The van der Waals surface area contributed by atoms with Crippen LogP contribution in [0.4, 0.5) is 0 Å². The van der Waals surface area contributed by atoms with Crippen LogP contribution in [0.5, 0.6) is 0 Å². The van der Waals surface area contributed by atoms with E-state index in [1.54, 1.807) is 26.0 Å². The minimum Gasteiger partial charge on any atom is -0.327 e. The fourth-order valence-corrected chi connectivity index (χ4v) is 2.99. The Morgan fingerprint density at radius 1 is 1.15 bits per heavy atom. The lowest BCUT2D eigenvalue weighted by atomic mass is 9.84. The standard InChI is InChI=1S/C15H26N2O2S/c1-11(2)17-20(18,19)13-8-6-12(7-9-13)10-14(16)15(3,4)5/h6-9,11,14,17H,10,16H2,1-5H3. The van der Waals surface area contributed by atoms with E-state index in [1.807, 2.05) is 12.1 Å². The second-order valence-corrected chi connectivity index (χ2v) is 8.31. The predicted molar refractivity (Wildman–Crippen MR) is 83.0 cm³/mol. The highest BCUT2D eigenvalue weighted by Crippen LogP contribution is 2.21. The Kier molecular flexibility index (Phi) is 5.35. The summed E-state index contributed by atoms with van der Waals surface area (Å²) in [6.07, 6.45) is 0.738. The van der Waals surface area contributed by atoms with Gasteiger partial charge in [-0.05, 0) is 43.4 Å². The van der Waals surface area contributed by atoms with Crippen molar-refractivity contribution in [2.24, 2.45) is 11.1 Å². The highest BCUT2D eigenvalue weighted by atomic mass is 32.2. The third kappa shape index (κ3) is 4.89. The first-order valence-electron chi connectivity index (χ1n) is 6.89. The molecule has 0 spiro atoms. The van der Waals surface area contributed by atoms with Crippen LogP contribution in [0.2, 0.25) is 0 Å². The van der Waals surface area contributed by atoms with Crippen LogP contribution in [0.25, 0.3) is 0 Å². The van der Waals surface area contributed by atoms with Gasteiger partial charge in [0.05, 0.1) is 4.90 Å². The molecule has 1 aromatic carbocycles. The summed E-state index contributed by atoms with van der Waals surface area (Å²) in [4.78, 5) is 0.291. The van der Waals surface area contributed by atoms with Crippen LogP contribution < -0.4 is 10.5 Å². The molecule has 0 aliphatic heterocycles. The number of nitrogens with one attached hydrogen (secondary N) is 1. The topological polar surface area (TPSA) is 72.2 Å². The van der Waals surface area contributed by atoms with E-state index in [-0.39, 0.29) is 17.5 Å². The van der Waals surface area contributed by atoms with Crippen molar-refractivity contribution >= 4 is 10.0 Å². The maximum Gasteiger partial charge on any atom is 0.240 e. The van der Waals surface area contributed by atoms with E-state index in [9.17, 15) is 8.42 Å². The molecule has 0 radical (unpaired) electrons. The quantitative estimate of drug-likeness (QED) is 0.876. The highest BCUT2D eigenvalue weighted by molar-refractivity contribution is 7.89. The molecule has 0 aliphatic carbocycles. The Morgan fingerprint density at radius 3 is 2.05 bits per heavy atom. The highest BCUT2D eigenvalue weighted by Gasteiger charge is 2.21. The van der Waals surface area contributed by atoms with E-state index in [0.717, 1.165) is 12.0 Å². The summed E-state index contributed by atoms with van der Waals surface area (Å²) in [5.41, 5.74) is 7.23. The summed E-state index contributed by atoms with van der Waals surface area (Å²) in [7, 11) is -3.41. The Balaban J connectivity index is 2.85. The third-order valence-corrected chi connectivity index (χ3v) is 4.87. The van der Waals surface area contributed by atoms with Crippen molar-refractivity contribution in [3.63, 3.8) is 0 Å². The van der Waals surface area contributed by atoms with Crippen molar-refractivity contribution in [1.82, 2.24) is 4.72 Å². The van der Waals surface area contributed by atoms with Gasteiger partial charge in [0.2, 0.25) is 10.0 Å². The van der Waals surface area contributed by atoms with Gasteiger partial charge in [0.15, 0.2) is 0 Å². The zero-order valence-electron chi connectivity index (χ0n) is 13.0. The molecule has 0 saturated carbocycles. The van der Waals surface area contributed by atoms with Crippen molar-refractivity contribution in [2.75, 3.05) is 0 Å². The minimum absolute atomic E-state index is 0.0317. The van der Waals surface area contributed by atoms with Crippen LogP contribution in [0.3, 0.4) is 0 Å². The Labute approximate surface area is 122 Å². The van der Waals surface area contributed by atoms with Crippen molar-refractivity contribution < 1.29 is 8.42 Å². The molecule has 0 fully saturated rings. The Morgan fingerprint density at radius 2 is 1.65 bits per heavy atom. The molecule has 1 unspecified atom stereocenters. The third-order valence-electron chi connectivity index (χ3n) is 3.19. The van der Waals surface area contributed by atoms with E-state index in [0.29, 0.717) is 4.90 Å². The lowest BCUT2D eigenvalue weighted by molar-refractivity contribution is 0.318. The molecule has 1 aromatic rings. The van der Waals surface area contributed by atoms with E-state index in [4.69, 9.17) is 5.73 Å². The monoisotopic (exact) mass is 298 g/mol. The van der Waals surface area contributed by atoms with Crippen LogP contribution in [-0.2, 0) is 16.4 Å². The second-order valence-electron chi connectivity index (χ2n) is 6.60. The SMILES string of the molecule is CC(C)NS(=O)(=O)c1ccc(CC(N)C(C)(C)C)cc1. The van der Waals surface area contributed by atoms with E-state index in [2.05, 4.69) is 25.5 Å². The zero-order valence-corrected chi connectivity index (χ0v) is 13.8. The molecule has 4 nitrogen and oxygen atoms in total. The summed E-state index contributed by atoms with van der Waals surface area (Å²) in [5, 5.41) is 0. The fraction of sp³-hybridized carbons (Fsp3) is 0.600. The molecule has 1 atom stereocenters. The van der Waals surface area contributed by atoms with Gasteiger partial charge in [0.1, 0.15) is 0 Å². The van der Waals surface area contributed by atoms with Crippen molar-refractivity contribution in [3.8, 4) is 0 Å². The van der Waals surface area contributed by atoms with Crippen molar-refractivity contribution in [1.29, 1.82) is 0 Å². The molecule has 0 aromatic heterocycles. The molecular weight excluding hydrogens is 272 g/mol. The molecule has 0 aliphatic rings. The van der Waals surface area contributed by atoms with Gasteiger partial charge in [0, 0.05) is 12.1 Å². The average Bonchev–Trinajstić information content (AvgIpc) is 2.26. The van der Waals surface area contributed by atoms with Crippen LogP contribution in [0.1, 0.15) is 40.2 Å². The molecule has 114 valence electrons. The van der Waals surface area contributed by atoms with E-state index >= 15 is 0 Å². The minimum atomic E-state index is -3.41. The van der Waals surface area contributed by atoms with Crippen LogP contribution >= 0.6 is 0 Å². The average molecular weight is 298 g/mol. The Bertz CT molecular complexity index is 528. The summed E-state index contributed by atoms with van der Waals surface area (Å²) >= 11 is 0. The second kappa shape index (κ2) is 6.24. The maximum absolute atomic E-state index is 12.0. The first kappa shape index (κ1) is 17.1. The number of nitrogens with two attached hydrogens (primary N) is 1. The summed E-state index contributed by atoms with van der Waals surface area (Å²) < 4.78 is 26.6. The van der Waals surface area contributed by atoms with Crippen molar-refractivity contribution in [3.05, 3.63) is 29.8 Å². The van der Waals surface area contributed by atoms with Crippen LogP contribution in [0.15, 0.2) is 29.2 Å². The number of hydrogen-bond donors (Lipinski definition) is 2. The normalized spacial score (nSPS) is 14.6. The number of benzene rings is 1. The summed E-state index contributed by atoms with van der Waals surface area (Å²) in [6.45, 7) is 9.90. The molecule has 0 saturated heterocycles. The largest absolute Gasteiger partial charge is 0.327 e. The van der Waals surface area contributed by atoms with Gasteiger partial charge in [-0.2, -0.15) is 0 Å². The van der Waals surface area contributed by atoms with Gasteiger partial charge in [-0.1, -0.05) is 32.9 Å². The molecule has 5 heteroatoms. The van der Waals surface area contributed by atoms with Gasteiger partial charge in [-0.15, -0.1) is 0 Å². The van der Waals surface area contributed by atoms with E-state index in [1.165, 1.54) is 0 Å². The van der Waals surface area contributed by atoms with Gasteiger partial charge in [-0.25, -0.2) is 13.1 Å². The molecule has 0 amide bonds. The lowest BCUT2D eigenvalue weighted by Gasteiger charge is -2.27. The smallest absolute Gasteiger partial charge is 0.240 e. The van der Waals surface area contributed by atoms with Gasteiger partial charge in [-0.3, -0.25) is 0 Å². The van der Waals surface area contributed by atoms with Crippen LogP contribution in [0, 0.1) is 5.41 Å². The molecule has 1 rings (SSSR count). The number of hydrogen-bond acceptors (Lipinski definition) is 3. The fourth-order valence-electron chi connectivity index (χ4n) is 1.74. The lowest BCUT2D eigenvalue weighted by Crippen LogP contribution is -2.36. The first-order chi connectivity index (χ1) is 9.02. The first-order valence-corrected chi connectivity index (χ1v) is 8.37. The molecule has 20 heavy (non-hydrogen) atoms.